The van der Waals surface area contributed by atoms with Gasteiger partial charge in [-0.1, -0.05) is 31.0 Å². The Morgan fingerprint density at radius 3 is 2.58 bits per heavy atom. The molecule has 1 aliphatic carbocycles. The fourth-order valence-electron chi connectivity index (χ4n) is 2.74. The molecule has 2 nitrogen and oxygen atoms in total. The predicted molar refractivity (Wildman–Crippen MR) is 75.7 cm³/mol. The Morgan fingerprint density at radius 2 is 1.84 bits per heavy atom. The fraction of sp³-hybridized carbons (Fsp3) is 0.625. The number of hydrogen-bond donors (Lipinski definition) is 2. The van der Waals surface area contributed by atoms with E-state index in [0.29, 0.717) is 18.6 Å². The number of unbranched alkanes of at least 4 members (excludes halogenated alkanes) is 3. The van der Waals surface area contributed by atoms with E-state index in [2.05, 4.69) is 5.32 Å². The summed E-state index contributed by atoms with van der Waals surface area (Å²) in [5.74, 6) is 0.336. The SMILES string of the molecule is OCCCCCCNC1CC(c2ccccc2F)C1. The van der Waals surface area contributed by atoms with Gasteiger partial charge in [0.05, 0.1) is 0 Å². The first-order valence-electron chi connectivity index (χ1n) is 7.40. The van der Waals surface area contributed by atoms with Crippen molar-refractivity contribution in [2.24, 2.45) is 0 Å². The number of aliphatic hydroxyl groups is 1. The molecule has 0 amide bonds. The molecule has 0 spiro atoms. The number of benzene rings is 1. The van der Waals surface area contributed by atoms with Gasteiger partial charge in [-0.3, -0.25) is 0 Å². The van der Waals surface area contributed by atoms with Crippen LogP contribution in [0.2, 0.25) is 0 Å². The molecule has 1 aromatic carbocycles. The van der Waals surface area contributed by atoms with Crippen molar-refractivity contribution in [1.29, 1.82) is 0 Å². The molecule has 0 unspecified atom stereocenters. The molecule has 1 saturated carbocycles. The van der Waals surface area contributed by atoms with E-state index in [1.165, 1.54) is 12.8 Å². The van der Waals surface area contributed by atoms with Gasteiger partial charge in [0.25, 0.3) is 0 Å². The molecule has 1 aromatic rings. The third-order valence-electron chi connectivity index (χ3n) is 4.00. The van der Waals surface area contributed by atoms with Crippen LogP contribution in [0.25, 0.3) is 0 Å². The standard InChI is InChI=1S/C16H24FNO/c17-16-8-4-3-7-15(16)13-11-14(12-13)18-9-5-1-2-6-10-19/h3-4,7-8,13-14,18-19H,1-2,5-6,9-12H2. The summed E-state index contributed by atoms with van der Waals surface area (Å²) < 4.78 is 13.6. The van der Waals surface area contributed by atoms with Gasteiger partial charge in [-0.25, -0.2) is 4.39 Å². The summed E-state index contributed by atoms with van der Waals surface area (Å²) in [7, 11) is 0. The second-order valence-electron chi connectivity index (χ2n) is 5.48. The second kappa shape index (κ2) is 7.61. The van der Waals surface area contributed by atoms with Crippen LogP contribution in [-0.4, -0.2) is 24.3 Å². The molecule has 3 heteroatoms. The first-order chi connectivity index (χ1) is 9.31. The van der Waals surface area contributed by atoms with Gasteiger partial charge in [0.15, 0.2) is 0 Å². The Morgan fingerprint density at radius 1 is 1.11 bits per heavy atom. The van der Waals surface area contributed by atoms with Crippen LogP contribution in [0.5, 0.6) is 0 Å². The Labute approximate surface area is 115 Å². The predicted octanol–water partition coefficient (Wildman–Crippen LogP) is 3.21. The molecule has 0 saturated heterocycles. The number of aliphatic hydroxyl groups excluding tert-OH is 1. The topological polar surface area (TPSA) is 32.3 Å². The van der Waals surface area contributed by atoms with E-state index in [1.807, 2.05) is 12.1 Å². The molecule has 19 heavy (non-hydrogen) atoms. The monoisotopic (exact) mass is 265 g/mol. The van der Waals surface area contributed by atoms with Crippen LogP contribution in [0.1, 0.15) is 50.0 Å². The minimum Gasteiger partial charge on any atom is -0.396 e. The van der Waals surface area contributed by atoms with E-state index in [1.54, 1.807) is 12.1 Å². The average molecular weight is 265 g/mol. The van der Waals surface area contributed by atoms with Crippen molar-refractivity contribution in [3.05, 3.63) is 35.6 Å². The summed E-state index contributed by atoms with van der Waals surface area (Å²) in [6.45, 7) is 1.35. The number of halogens is 1. The van der Waals surface area contributed by atoms with Crippen LogP contribution in [0.3, 0.4) is 0 Å². The Hall–Kier alpha value is -0.930. The van der Waals surface area contributed by atoms with Crippen LogP contribution < -0.4 is 5.32 Å². The first-order valence-corrected chi connectivity index (χ1v) is 7.40. The normalized spacial score (nSPS) is 22.2. The second-order valence-corrected chi connectivity index (χ2v) is 5.48. The highest BCUT2D eigenvalue weighted by atomic mass is 19.1. The van der Waals surface area contributed by atoms with Crippen molar-refractivity contribution in [2.75, 3.05) is 13.2 Å². The number of nitrogens with one attached hydrogen (secondary N) is 1. The Bertz CT molecular complexity index is 377. The molecule has 1 aliphatic rings. The molecule has 1 fully saturated rings. The lowest BCUT2D eigenvalue weighted by Gasteiger charge is -2.36. The highest BCUT2D eigenvalue weighted by Crippen LogP contribution is 2.37. The van der Waals surface area contributed by atoms with Gasteiger partial charge in [-0.2, -0.15) is 0 Å². The molecular formula is C16H24FNO. The van der Waals surface area contributed by atoms with Gasteiger partial charge >= 0.3 is 0 Å². The summed E-state index contributed by atoms with van der Waals surface area (Å²) >= 11 is 0. The van der Waals surface area contributed by atoms with Crippen molar-refractivity contribution in [3.8, 4) is 0 Å². The molecule has 0 heterocycles. The molecule has 106 valence electrons. The molecule has 0 aromatic heterocycles. The number of hydrogen-bond acceptors (Lipinski definition) is 2. The smallest absolute Gasteiger partial charge is 0.126 e. The minimum atomic E-state index is -0.0602. The molecular weight excluding hydrogens is 241 g/mol. The molecule has 2 rings (SSSR count). The third kappa shape index (κ3) is 4.29. The van der Waals surface area contributed by atoms with E-state index >= 15 is 0 Å². The highest BCUT2D eigenvalue weighted by Gasteiger charge is 2.31. The van der Waals surface area contributed by atoms with Crippen LogP contribution in [-0.2, 0) is 0 Å². The van der Waals surface area contributed by atoms with Crippen molar-refractivity contribution in [2.45, 2.75) is 50.5 Å². The molecule has 0 atom stereocenters. The molecule has 0 radical (unpaired) electrons. The quantitative estimate of drug-likeness (QED) is 0.707. The van der Waals surface area contributed by atoms with Crippen molar-refractivity contribution >= 4 is 0 Å². The van der Waals surface area contributed by atoms with Crippen LogP contribution >= 0.6 is 0 Å². The zero-order chi connectivity index (χ0) is 13.5. The summed E-state index contributed by atoms with van der Waals surface area (Å²) in [6.07, 6.45) is 6.48. The van der Waals surface area contributed by atoms with Gasteiger partial charge in [0, 0.05) is 12.6 Å². The van der Waals surface area contributed by atoms with E-state index in [9.17, 15) is 4.39 Å². The van der Waals surface area contributed by atoms with Crippen LogP contribution in [0.4, 0.5) is 4.39 Å². The molecule has 0 bridgehead atoms. The zero-order valence-electron chi connectivity index (χ0n) is 11.4. The summed E-state index contributed by atoms with van der Waals surface area (Å²) in [5.41, 5.74) is 0.878. The van der Waals surface area contributed by atoms with Gasteiger partial charge in [0.1, 0.15) is 5.82 Å². The largest absolute Gasteiger partial charge is 0.396 e. The van der Waals surface area contributed by atoms with E-state index in [4.69, 9.17) is 5.11 Å². The van der Waals surface area contributed by atoms with E-state index < -0.39 is 0 Å². The highest BCUT2D eigenvalue weighted by molar-refractivity contribution is 5.24. The van der Waals surface area contributed by atoms with Gasteiger partial charge in [-0.05, 0) is 49.8 Å². The maximum atomic E-state index is 13.6. The van der Waals surface area contributed by atoms with Gasteiger partial charge < -0.3 is 10.4 Å². The molecule has 2 N–H and O–H groups in total. The number of rotatable bonds is 8. The van der Waals surface area contributed by atoms with Gasteiger partial charge in [0.2, 0.25) is 0 Å². The summed E-state index contributed by atoms with van der Waals surface area (Å²) in [5, 5.41) is 12.2. The van der Waals surface area contributed by atoms with Crippen molar-refractivity contribution in [1.82, 2.24) is 5.32 Å². The maximum Gasteiger partial charge on any atom is 0.126 e. The molecule has 0 aliphatic heterocycles. The van der Waals surface area contributed by atoms with Crippen molar-refractivity contribution in [3.63, 3.8) is 0 Å². The lowest BCUT2D eigenvalue weighted by molar-refractivity contribution is 0.275. The lowest BCUT2D eigenvalue weighted by atomic mass is 9.75. The van der Waals surface area contributed by atoms with Crippen LogP contribution in [0, 0.1) is 5.82 Å². The van der Waals surface area contributed by atoms with Crippen molar-refractivity contribution < 1.29 is 9.50 Å². The Balaban J connectivity index is 1.58. The average Bonchev–Trinajstić information content (AvgIpc) is 2.37. The maximum absolute atomic E-state index is 13.6. The lowest BCUT2D eigenvalue weighted by Crippen LogP contribution is -2.40. The van der Waals surface area contributed by atoms with Gasteiger partial charge in [-0.15, -0.1) is 0 Å². The zero-order valence-corrected chi connectivity index (χ0v) is 11.4. The Kier molecular flexibility index (Phi) is 5.80. The fourth-order valence-corrected chi connectivity index (χ4v) is 2.74. The first kappa shape index (κ1) is 14.5. The van der Waals surface area contributed by atoms with E-state index in [0.717, 1.165) is 37.8 Å². The minimum absolute atomic E-state index is 0.0602. The summed E-state index contributed by atoms with van der Waals surface area (Å²) in [4.78, 5) is 0. The van der Waals surface area contributed by atoms with Crippen LogP contribution in [0.15, 0.2) is 24.3 Å². The van der Waals surface area contributed by atoms with E-state index in [-0.39, 0.29) is 5.82 Å². The third-order valence-corrected chi connectivity index (χ3v) is 4.00. The summed E-state index contributed by atoms with van der Waals surface area (Å²) in [6, 6.07) is 7.69.